The molecule has 2 nitrogen and oxygen atoms in total. The van der Waals surface area contributed by atoms with E-state index < -0.39 is 17.7 Å². The number of halogens is 3. The van der Waals surface area contributed by atoms with Crippen LogP contribution in [0.1, 0.15) is 41.4 Å². The predicted octanol–water partition coefficient (Wildman–Crippen LogP) is 7.73. The van der Waals surface area contributed by atoms with E-state index in [-0.39, 0.29) is 23.0 Å². The molecule has 4 aromatic rings. The predicted molar refractivity (Wildman–Crippen MR) is 132 cm³/mol. The van der Waals surface area contributed by atoms with Gasteiger partial charge in [-0.1, -0.05) is 84.9 Å². The zero-order valence-electron chi connectivity index (χ0n) is 19.0. The summed E-state index contributed by atoms with van der Waals surface area (Å²) >= 11 is 0. The molecule has 1 fully saturated rings. The van der Waals surface area contributed by atoms with Crippen LogP contribution in [0.5, 0.6) is 0 Å². The fraction of sp³-hybridized carbons (Fsp3) is 0.133. The number of rotatable bonds is 6. The summed E-state index contributed by atoms with van der Waals surface area (Å²) in [7, 11) is 0. The number of hydrogen-bond acceptors (Lipinski definition) is 2. The molecule has 1 aliphatic rings. The molecule has 1 aliphatic heterocycles. The molecule has 0 aliphatic carbocycles. The van der Waals surface area contributed by atoms with Crippen LogP contribution in [0.3, 0.4) is 0 Å². The van der Waals surface area contributed by atoms with E-state index in [4.69, 9.17) is 4.74 Å². The minimum absolute atomic E-state index is 0.133. The smallest absolute Gasteiger partial charge is 0.167 e. The Hall–Kier alpha value is -3.67. The van der Waals surface area contributed by atoms with Gasteiger partial charge in [-0.25, -0.2) is 13.2 Å². The van der Waals surface area contributed by atoms with Crippen molar-refractivity contribution in [1.29, 1.82) is 0 Å². The van der Waals surface area contributed by atoms with Crippen molar-refractivity contribution < 1.29 is 23.0 Å². The van der Waals surface area contributed by atoms with E-state index in [9.17, 15) is 18.3 Å². The molecule has 176 valence electrons. The van der Waals surface area contributed by atoms with Crippen molar-refractivity contribution in [3.63, 3.8) is 0 Å². The number of benzene rings is 4. The van der Waals surface area contributed by atoms with Gasteiger partial charge in [0.05, 0.1) is 12.7 Å². The van der Waals surface area contributed by atoms with Gasteiger partial charge in [0, 0.05) is 16.7 Å². The van der Waals surface area contributed by atoms with Gasteiger partial charge in [-0.2, -0.15) is 0 Å². The second kappa shape index (κ2) is 9.53. The van der Waals surface area contributed by atoms with Gasteiger partial charge in [-0.15, -0.1) is 0 Å². The fourth-order valence-electron chi connectivity index (χ4n) is 4.03. The van der Waals surface area contributed by atoms with Crippen molar-refractivity contribution in [2.45, 2.75) is 19.1 Å². The Bertz CT molecular complexity index is 1390. The van der Waals surface area contributed by atoms with Crippen molar-refractivity contribution >= 4 is 12.2 Å². The Kier molecular flexibility index (Phi) is 6.29. The molecule has 5 heteroatoms. The lowest BCUT2D eigenvalue weighted by molar-refractivity contribution is 0.199. The van der Waals surface area contributed by atoms with Gasteiger partial charge in [0.15, 0.2) is 11.6 Å². The minimum Gasteiger partial charge on any atom is -0.389 e. The van der Waals surface area contributed by atoms with Gasteiger partial charge in [0.2, 0.25) is 0 Å². The SMILES string of the molecule is CC(O)c1ccc(-c2ccc(/C=C/c3ccc(-c4ccc(C5CO5)c(F)c4)cc3)c(F)c2F)cc1. The van der Waals surface area contributed by atoms with Crippen LogP contribution in [0.15, 0.2) is 78.9 Å². The largest absolute Gasteiger partial charge is 0.389 e. The van der Waals surface area contributed by atoms with Crippen LogP contribution in [0.2, 0.25) is 0 Å². The standard InChI is InChI=1S/C30H23F3O2/c1-18(34)20-8-10-22(11-9-20)25-14-12-23(29(32)30(25)33)7-4-19-2-5-21(6-3-19)24-13-15-26(27(31)16-24)28-17-35-28/h2-16,18,28,34H,17H2,1H3/b7-4+. The highest BCUT2D eigenvalue weighted by Crippen LogP contribution is 2.34. The topological polar surface area (TPSA) is 32.8 Å². The molecule has 4 aromatic carbocycles. The summed E-state index contributed by atoms with van der Waals surface area (Å²) in [5.41, 5.74) is 4.52. The maximum Gasteiger partial charge on any atom is 0.167 e. The van der Waals surface area contributed by atoms with Crippen molar-refractivity contribution in [3.05, 3.63) is 119 Å². The van der Waals surface area contributed by atoms with Gasteiger partial charge in [0.25, 0.3) is 0 Å². The zero-order chi connectivity index (χ0) is 24.5. The van der Waals surface area contributed by atoms with Crippen LogP contribution in [0, 0.1) is 17.5 Å². The lowest BCUT2D eigenvalue weighted by atomic mass is 9.99. The van der Waals surface area contributed by atoms with Gasteiger partial charge < -0.3 is 9.84 Å². The number of epoxide rings is 1. The molecule has 0 spiro atoms. The number of aliphatic hydroxyl groups is 1. The summed E-state index contributed by atoms with van der Waals surface area (Å²) in [6.45, 7) is 2.20. The summed E-state index contributed by atoms with van der Waals surface area (Å²) in [6.07, 6.45) is 2.47. The van der Waals surface area contributed by atoms with Crippen LogP contribution in [-0.2, 0) is 4.74 Å². The number of aliphatic hydroxyl groups excluding tert-OH is 1. The van der Waals surface area contributed by atoms with Gasteiger partial charge in [-0.3, -0.25) is 0 Å². The molecule has 1 N–H and O–H groups in total. The Balaban J connectivity index is 1.33. The normalized spacial score (nSPS) is 16.0. The molecule has 0 amide bonds. The molecule has 2 atom stereocenters. The maximum absolute atomic E-state index is 14.8. The van der Waals surface area contributed by atoms with E-state index >= 15 is 0 Å². The van der Waals surface area contributed by atoms with Crippen LogP contribution in [0.4, 0.5) is 13.2 Å². The van der Waals surface area contributed by atoms with Crippen molar-refractivity contribution in [3.8, 4) is 22.3 Å². The Morgan fingerprint density at radius 1 is 0.800 bits per heavy atom. The molecular weight excluding hydrogens is 449 g/mol. The first-order chi connectivity index (χ1) is 16.9. The van der Waals surface area contributed by atoms with E-state index in [0.717, 1.165) is 16.7 Å². The van der Waals surface area contributed by atoms with Crippen LogP contribution in [0.25, 0.3) is 34.4 Å². The molecule has 2 unspecified atom stereocenters. The highest BCUT2D eigenvalue weighted by atomic mass is 19.2. The first-order valence-corrected chi connectivity index (χ1v) is 11.4. The summed E-state index contributed by atoms with van der Waals surface area (Å²) < 4.78 is 49.0. The van der Waals surface area contributed by atoms with E-state index in [0.29, 0.717) is 23.3 Å². The van der Waals surface area contributed by atoms with Crippen molar-refractivity contribution in [1.82, 2.24) is 0 Å². The average molecular weight is 473 g/mol. The lowest BCUT2D eigenvalue weighted by Crippen LogP contribution is -1.94. The number of hydrogen-bond donors (Lipinski definition) is 1. The minimum atomic E-state index is -0.926. The molecule has 0 aromatic heterocycles. The van der Waals surface area contributed by atoms with E-state index in [1.807, 2.05) is 30.3 Å². The van der Waals surface area contributed by atoms with E-state index in [1.54, 1.807) is 49.4 Å². The highest BCUT2D eigenvalue weighted by molar-refractivity contribution is 5.74. The summed E-state index contributed by atoms with van der Waals surface area (Å²) in [4.78, 5) is 0. The molecule has 1 heterocycles. The lowest BCUT2D eigenvalue weighted by Gasteiger charge is -2.09. The second-order valence-corrected chi connectivity index (χ2v) is 8.64. The van der Waals surface area contributed by atoms with Crippen LogP contribution in [-0.4, -0.2) is 11.7 Å². The Morgan fingerprint density at radius 3 is 2.09 bits per heavy atom. The van der Waals surface area contributed by atoms with Gasteiger partial charge >= 0.3 is 0 Å². The monoisotopic (exact) mass is 472 g/mol. The first kappa shape index (κ1) is 23.1. The van der Waals surface area contributed by atoms with Gasteiger partial charge in [-0.05, 0) is 40.8 Å². The molecule has 1 saturated heterocycles. The second-order valence-electron chi connectivity index (χ2n) is 8.64. The maximum atomic E-state index is 14.8. The highest BCUT2D eigenvalue weighted by Gasteiger charge is 2.27. The third-order valence-electron chi connectivity index (χ3n) is 6.20. The molecule has 0 bridgehead atoms. The Morgan fingerprint density at radius 2 is 1.46 bits per heavy atom. The van der Waals surface area contributed by atoms with E-state index in [2.05, 4.69) is 0 Å². The van der Waals surface area contributed by atoms with Crippen molar-refractivity contribution in [2.24, 2.45) is 0 Å². The third kappa shape index (κ3) is 4.92. The molecular formula is C30H23F3O2. The quantitative estimate of drug-likeness (QED) is 0.230. The molecule has 5 rings (SSSR count). The third-order valence-corrected chi connectivity index (χ3v) is 6.20. The molecule has 35 heavy (non-hydrogen) atoms. The number of ether oxygens (including phenoxy) is 1. The van der Waals surface area contributed by atoms with E-state index in [1.165, 1.54) is 18.2 Å². The fourth-order valence-corrected chi connectivity index (χ4v) is 4.03. The average Bonchev–Trinajstić information content (AvgIpc) is 3.71. The molecule has 0 radical (unpaired) electrons. The zero-order valence-corrected chi connectivity index (χ0v) is 19.0. The van der Waals surface area contributed by atoms with Gasteiger partial charge in [0.1, 0.15) is 11.9 Å². The Labute approximate surface area is 202 Å². The summed E-state index contributed by atoms with van der Waals surface area (Å²) in [5, 5.41) is 9.63. The summed E-state index contributed by atoms with van der Waals surface area (Å²) in [6, 6.07) is 22.3. The summed E-state index contributed by atoms with van der Waals surface area (Å²) in [5.74, 6) is -2.13. The first-order valence-electron chi connectivity index (χ1n) is 11.4. The van der Waals surface area contributed by atoms with Crippen LogP contribution < -0.4 is 0 Å². The van der Waals surface area contributed by atoms with Crippen LogP contribution >= 0.6 is 0 Å². The van der Waals surface area contributed by atoms with Crippen molar-refractivity contribution in [2.75, 3.05) is 6.61 Å². The molecule has 0 saturated carbocycles.